The smallest absolute Gasteiger partial charge is 0.137 e. The Kier molecular flexibility index (Phi) is 3.32. The molecule has 1 aliphatic rings. The zero-order valence-corrected chi connectivity index (χ0v) is 13.1. The number of aromatic nitrogens is 1. The lowest BCUT2D eigenvalue weighted by Crippen LogP contribution is -2.30. The SMILES string of the molecule is ClCc1cc2ccccc2c(N2CCc3sccc3C2)n1. The quantitative estimate of drug-likeness (QED) is 0.643. The van der Waals surface area contributed by atoms with Crippen LogP contribution in [-0.4, -0.2) is 11.5 Å². The van der Waals surface area contributed by atoms with Crippen LogP contribution in [0.25, 0.3) is 10.8 Å². The molecule has 0 amide bonds. The summed E-state index contributed by atoms with van der Waals surface area (Å²) in [6.45, 7) is 1.97. The summed E-state index contributed by atoms with van der Waals surface area (Å²) in [4.78, 5) is 8.70. The van der Waals surface area contributed by atoms with Crippen LogP contribution in [0.15, 0.2) is 41.8 Å². The van der Waals surface area contributed by atoms with E-state index < -0.39 is 0 Å². The van der Waals surface area contributed by atoms with Crippen molar-refractivity contribution in [3.8, 4) is 0 Å². The highest BCUT2D eigenvalue weighted by molar-refractivity contribution is 7.10. The second-order valence-electron chi connectivity index (χ2n) is 5.33. The van der Waals surface area contributed by atoms with Crippen molar-refractivity contribution in [2.75, 3.05) is 11.4 Å². The van der Waals surface area contributed by atoms with Gasteiger partial charge in [-0.15, -0.1) is 22.9 Å². The van der Waals surface area contributed by atoms with E-state index in [-0.39, 0.29) is 0 Å². The lowest BCUT2D eigenvalue weighted by Gasteiger charge is -2.29. The van der Waals surface area contributed by atoms with E-state index in [4.69, 9.17) is 16.6 Å². The molecule has 3 heterocycles. The number of fused-ring (bicyclic) bond motifs is 2. The topological polar surface area (TPSA) is 16.1 Å². The third-order valence-electron chi connectivity index (χ3n) is 4.02. The van der Waals surface area contributed by atoms with Gasteiger partial charge in [0, 0.05) is 23.4 Å². The lowest BCUT2D eigenvalue weighted by atomic mass is 10.1. The summed E-state index contributed by atoms with van der Waals surface area (Å²) in [6.07, 6.45) is 1.11. The Morgan fingerprint density at radius 2 is 2.14 bits per heavy atom. The maximum atomic E-state index is 6.02. The minimum Gasteiger partial charge on any atom is -0.351 e. The molecule has 2 nitrogen and oxygen atoms in total. The molecule has 0 saturated carbocycles. The summed E-state index contributed by atoms with van der Waals surface area (Å²) >= 11 is 7.89. The Morgan fingerprint density at radius 1 is 1.24 bits per heavy atom. The first-order valence-electron chi connectivity index (χ1n) is 7.10. The molecular weight excluding hydrogens is 300 g/mol. The Balaban J connectivity index is 1.83. The number of benzene rings is 1. The average molecular weight is 315 g/mol. The van der Waals surface area contributed by atoms with Gasteiger partial charge in [-0.2, -0.15) is 0 Å². The fourth-order valence-electron chi connectivity index (χ4n) is 2.97. The van der Waals surface area contributed by atoms with Crippen molar-refractivity contribution in [3.63, 3.8) is 0 Å². The zero-order valence-electron chi connectivity index (χ0n) is 11.6. The summed E-state index contributed by atoms with van der Waals surface area (Å²) in [5, 5.41) is 4.62. The van der Waals surface area contributed by atoms with Crippen molar-refractivity contribution in [3.05, 3.63) is 57.9 Å². The van der Waals surface area contributed by atoms with Crippen LogP contribution in [0.2, 0.25) is 0 Å². The van der Waals surface area contributed by atoms with E-state index in [0.717, 1.165) is 31.0 Å². The molecule has 0 atom stereocenters. The van der Waals surface area contributed by atoms with Gasteiger partial charge >= 0.3 is 0 Å². The second-order valence-corrected chi connectivity index (χ2v) is 6.60. The van der Waals surface area contributed by atoms with E-state index in [1.165, 1.54) is 21.2 Å². The molecule has 0 saturated heterocycles. The number of nitrogens with zero attached hydrogens (tertiary/aromatic N) is 2. The minimum absolute atomic E-state index is 0.454. The molecular formula is C17H15ClN2S. The van der Waals surface area contributed by atoms with Crippen LogP contribution in [0, 0.1) is 0 Å². The number of hydrogen-bond acceptors (Lipinski definition) is 3. The Morgan fingerprint density at radius 3 is 3.05 bits per heavy atom. The van der Waals surface area contributed by atoms with Crippen molar-refractivity contribution < 1.29 is 0 Å². The highest BCUT2D eigenvalue weighted by Gasteiger charge is 2.20. The lowest BCUT2D eigenvalue weighted by molar-refractivity contribution is 0.734. The van der Waals surface area contributed by atoms with Crippen molar-refractivity contribution >= 4 is 39.5 Å². The van der Waals surface area contributed by atoms with Crippen molar-refractivity contribution in [1.82, 2.24) is 4.98 Å². The van der Waals surface area contributed by atoms with Crippen molar-refractivity contribution in [1.29, 1.82) is 0 Å². The van der Waals surface area contributed by atoms with Crippen LogP contribution in [-0.2, 0) is 18.8 Å². The summed E-state index contributed by atoms with van der Waals surface area (Å²) in [5.41, 5.74) is 2.38. The molecule has 2 aromatic heterocycles. The number of alkyl halides is 1. The van der Waals surface area contributed by atoms with Gasteiger partial charge in [-0.1, -0.05) is 24.3 Å². The first-order chi connectivity index (χ1) is 10.3. The molecule has 4 heteroatoms. The van der Waals surface area contributed by atoms with Crippen LogP contribution < -0.4 is 4.90 Å². The standard InChI is InChI=1S/C17H15ClN2S/c18-10-14-9-12-3-1-2-4-15(12)17(19-14)20-7-5-16-13(11-20)6-8-21-16/h1-4,6,8-9H,5,7,10-11H2. The third kappa shape index (κ3) is 2.30. The molecule has 21 heavy (non-hydrogen) atoms. The number of hydrogen-bond donors (Lipinski definition) is 0. The molecule has 0 spiro atoms. The molecule has 3 aromatic rings. The number of rotatable bonds is 2. The van der Waals surface area contributed by atoms with Crippen LogP contribution in [0.3, 0.4) is 0 Å². The van der Waals surface area contributed by atoms with Crippen molar-refractivity contribution in [2.24, 2.45) is 0 Å². The second kappa shape index (κ2) is 5.32. The monoisotopic (exact) mass is 314 g/mol. The number of pyridine rings is 1. The predicted octanol–water partition coefficient (Wildman–Crippen LogP) is 4.60. The molecule has 0 unspecified atom stereocenters. The molecule has 0 aliphatic carbocycles. The molecule has 1 aliphatic heterocycles. The van der Waals surface area contributed by atoms with Crippen LogP contribution >= 0.6 is 22.9 Å². The average Bonchev–Trinajstić information content (AvgIpc) is 3.01. The molecule has 4 rings (SSSR count). The maximum absolute atomic E-state index is 6.02. The van der Waals surface area contributed by atoms with Crippen LogP contribution in [0.5, 0.6) is 0 Å². The van der Waals surface area contributed by atoms with Crippen LogP contribution in [0.1, 0.15) is 16.1 Å². The van der Waals surface area contributed by atoms with E-state index in [0.29, 0.717) is 5.88 Å². The third-order valence-corrected chi connectivity index (χ3v) is 5.31. The summed E-state index contributed by atoms with van der Waals surface area (Å²) in [5.74, 6) is 1.52. The van der Waals surface area contributed by atoms with E-state index in [2.05, 4.69) is 46.7 Å². The number of thiophene rings is 1. The van der Waals surface area contributed by atoms with Gasteiger partial charge in [-0.25, -0.2) is 4.98 Å². The van der Waals surface area contributed by atoms with E-state index in [1.807, 2.05) is 11.3 Å². The van der Waals surface area contributed by atoms with Gasteiger partial charge in [-0.05, 0) is 34.9 Å². The largest absolute Gasteiger partial charge is 0.351 e. The number of anilines is 1. The summed E-state index contributed by atoms with van der Waals surface area (Å²) < 4.78 is 0. The Labute approximate surface area is 133 Å². The van der Waals surface area contributed by atoms with Gasteiger partial charge in [0.25, 0.3) is 0 Å². The Hall–Kier alpha value is -1.58. The molecule has 0 bridgehead atoms. The highest BCUT2D eigenvalue weighted by Crippen LogP contribution is 2.31. The highest BCUT2D eigenvalue weighted by atomic mass is 35.5. The van der Waals surface area contributed by atoms with Gasteiger partial charge in [0.05, 0.1) is 11.6 Å². The Bertz CT molecular complexity index is 796. The van der Waals surface area contributed by atoms with E-state index in [1.54, 1.807) is 0 Å². The molecule has 0 radical (unpaired) electrons. The minimum atomic E-state index is 0.454. The van der Waals surface area contributed by atoms with E-state index in [9.17, 15) is 0 Å². The van der Waals surface area contributed by atoms with Crippen molar-refractivity contribution in [2.45, 2.75) is 18.8 Å². The first-order valence-corrected chi connectivity index (χ1v) is 8.51. The van der Waals surface area contributed by atoms with Gasteiger partial charge in [0.1, 0.15) is 5.82 Å². The normalized spacial score (nSPS) is 14.4. The number of halogens is 1. The van der Waals surface area contributed by atoms with Gasteiger partial charge < -0.3 is 4.90 Å². The molecule has 106 valence electrons. The van der Waals surface area contributed by atoms with E-state index >= 15 is 0 Å². The van der Waals surface area contributed by atoms with Gasteiger partial charge in [0.15, 0.2) is 0 Å². The first kappa shape index (κ1) is 13.1. The summed E-state index contributed by atoms with van der Waals surface area (Å²) in [6, 6.07) is 12.8. The molecule has 1 aromatic carbocycles. The van der Waals surface area contributed by atoms with Gasteiger partial charge in [0.2, 0.25) is 0 Å². The molecule has 0 N–H and O–H groups in total. The predicted molar refractivity (Wildman–Crippen MR) is 90.4 cm³/mol. The zero-order chi connectivity index (χ0) is 14.2. The fourth-order valence-corrected chi connectivity index (χ4v) is 4.00. The van der Waals surface area contributed by atoms with Crippen LogP contribution in [0.4, 0.5) is 5.82 Å². The van der Waals surface area contributed by atoms with Gasteiger partial charge in [-0.3, -0.25) is 0 Å². The fraction of sp³-hybridized carbons (Fsp3) is 0.235. The summed E-state index contributed by atoms with van der Waals surface area (Å²) in [7, 11) is 0. The molecule has 0 fully saturated rings. The maximum Gasteiger partial charge on any atom is 0.137 e.